The SMILES string of the molecule is O=C(Nc1ccccc1O)[C@@H]1[C@H](C(=O)O)[C@H]2C=C[C@H]1O2. The molecule has 0 saturated carbocycles. The maximum atomic E-state index is 12.3. The summed E-state index contributed by atoms with van der Waals surface area (Å²) in [5.74, 6) is -3.26. The van der Waals surface area contributed by atoms with E-state index in [9.17, 15) is 19.8 Å². The first-order valence-electron chi connectivity index (χ1n) is 6.23. The number of rotatable bonds is 3. The van der Waals surface area contributed by atoms with E-state index in [-0.39, 0.29) is 11.4 Å². The first kappa shape index (κ1) is 12.7. The first-order chi connectivity index (χ1) is 9.58. The van der Waals surface area contributed by atoms with Crippen molar-refractivity contribution < 1.29 is 24.5 Å². The Kier molecular flexibility index (Phi) is 2.94. The number of benzene rings is 1. The summed E-state index contributed by atoms with van der Waals surface area (Å²) >= 11 is 0. The van der Waals surface area contributed by atoms with Crippen LogP contribution in [-0.4, -0.2) is 34.3 Å². The van der Waals surface area contributed by atoms with Crippen LogP contribution in [0.1, 0.15) is 0 Å². The molecule has 1 saturated heterocycles. The Morgan fingerprint density at radius 3 is 2.40 bits per heavy atom. The van der Waals surface area contributed by atoms with Gasteiger partial charge in [-0.2, -0.15) is 0 Å². The van der Waals surface area contributed by atoms with Crippen molar-refractivity contribution in [2.24, 2.45) is 11.8 Å². The van der Waals surface area contributed by atoms with Crippen LogP contribution in [0.4, 0.5) is 5.69 Å². The number of phenolic OH excluding ortho intramolecular Hbond substituents is 1. The zero-order valence-electron chi connectivity index (χ0n) is 10.4. The number of carboxylic acids is 1. The molecule has 104 valence electrons. The maximum absolute atomic E-state index is 12.3. The fraction of sp³-hybridized carbons (Fsp3) is 0.286. The predicted molar refractivity (Wildman–Crippen MR) is 69.2 cm³/mol. The molecule has 1 aromatic rings. The van der Waals surface area contributed by atoms with Gasteiger partial charge in [0.1, 0.15) is 11.7 Å². The summed E-state index contributed by atoms with van der Waals surface area (Å²) in [6, 6.07) is 6.30. The molecule has 2 aliphatic heterocycles. The minimum atomic E-state index is -1.06. The van der Waals surface area contributed by atoms with E-state index < -0.39 is 35.9 Å². The van der Waals surface area contributed by atoms with E-state index in [0.717, 1.165) is 0 Å². The molecule has 0 radical (unpaired) electrons. The summed E-state index contributed by atoms with van der Waals surface area (Å²) in [5, 5.41) is 21.4. The highest BCUT2D eigenvalue weighted by Crippen LogP contribution is 2.40. The lowest BCUT2D eigenvalue weighted by atomic mass is 9.82. The molecule has 2 heterocycles. The predicted octanol–water partition coefficient (Wildman–Crippen LogP) is 0.985. The van der Waals surface area contributed by atoms with Crippen LogP contribution >= 0.6 is 0 Å². The Hall–Kier alpha value is -2.34. The van der Waals surface area contributed by atoms with Crippen molar-refractivity contribution in [3.8, 4) is 5.75 Å². The number of hydrogen-bond acceptors (Lipinski definition) is 4. The number of carboxylic acid groups (broad SMARTS) is 1. The van der Waals surface area contributed by atoms with Gasteiger partial charge in [0.2, 0.25) is 5.91 Å². The number of phenols is 1. The molecule has 1 amide bonds. The molecule has 0 aliphatic carbocycles. The number of hydrogen-bond donors (Lipinski definition) is 3. The second-order valence-electron chi connectivity index (χ2n) is 4.85. The minimum Gasteiger partial charge on any atom is -0.506 e. The Morgan fingerprint density at radius 2 is 1.75 bits per heavy atom. The third kappa shape index (κ3) is 1.94. The molecular formula is C14H13NO5. The molecule has 3 rings (SSSR count). The molecule has 20 heavy (non-hydrogen) atoms. The summed E-state index contributed by atoms with van der Waals surface area (Å²) < 4.78 is 5.43. The van der Waals surface area contributed by atoms with E-state index in [4.69, 9.17) is 4.74 Å². The van der Waals surface area contributed by atoms with Crippen LogP contribution < -0.4 is 5.32 Å². The number of aliphatic carboxylic acids is 1. The molecule has 4 atom stereocenters. The van der Waals surface area contributed by atoms with Crippen molar-refractivity contribution in [2.45, 2.75) is 12.2 Å². The number of carbonyl (C=O) groups excluding carboxylic acids is 1. The fourth-order valence-corrected chi connectivity index (χ4v) is 2.71. The minimum absolute atomic E-state index is 0.0626. The van der Waals surface area contributed by atoms with Crippen LogP contribution in [0.3, 0.4) is 0 Å². The molecule has 1 aromatic carbocycles. The Morgan fingerprint density at radius 1 is 1.10 bits per heavy atom. The van der Waals surface area contributed by atoms with Crippen molar-refractivity contribution in [2.75, 3.05) is 5.32 Å². The molecule has 0 aromatic heterocycles. The Balaban J connectivity index is 1.82. The van der Waals surface area contributed by atoms with Gasteiger partial charge >= 0.3 is 5.97 Å². The summed E-state index contributed by atoms with van der Waals surface area (Å²) in [4.78, 5) is 23.6. The highest BCUT2D eigenvalue weighted by molar-refractivity contribution is 5.97. The van der Waals surface area contributed by atoms with Crippen molar-refractivity contribution in [1.29, 1.82) is 0 Å². The van der Waals surface area contributed by atoms with Crippen molar-refractivity contribution in [3.05, 3.63) is 36.4 Å². The van der Waals surface area contributed by atoms with Gasteiger partial charge in [-0.3, -0.25) is 9.59 Å². The van der Waals surface area contributed by atoms with Crippen LogP contribution in [0.5, 0.6) is 5.75 Å². The third-order valence-electron chi connectivity index (χ3n) is 3.65. The highest BCUT2D eigenvalue weighted by Gasteiger charge is 2.53. The zero-order valence-corrected chi connectivity index (χ0v) is 10.4. The van der Waals surface area contributed by atoms with Gasteiger partial charge < -0.3 is 20.3 Å². The molecule has 2 aliphatic rings. The summed E-state index contributed by atoms with van der Waals surface area (Å²) in [5.41, 5.74) is 0.258. The Labute approximate surface area is 114 Å². The van der Waals surface area contributed by atoms with E-state index in [1.807, 2.05) is 0 Å². The molecule has 0 spiro atoms. The van der Waals surface area contributed by atoms with Crippen LogP contribution in [0.2, 0.25) is 0 Å². The van der Waals surface area contributed by atoms with Crippen molar-refractivity contribution >= 4 is 17.6 Å². The average Bonchev–Trinajstić information content (AvgIpc) is 3.01. The number of amides is 1. The van der Waals surface area contributed by atoms with Gasteiger partial charge in [0.15, 0.2) is 0 Å². The van der Waals surface area contributed by atoms with Crippen molar-refractivity contribution in [3.63, 3.8) is 0 Å². The maximum Gasteiger partial charge on any atom is 0.310 e. The summed E-state index contributed by atoms with van der Waals surface area (Å²) in [7, 11) is 0. The van der Waals surface area contributed by atoms with Gasteiger partial charge in [-0.25, -0.2) is 0 Å². The first-order valence-corrected chi connectivity index (χ1v) is 6.23. The van der Waals surface area contributed by atoms with Gasteiger partial charge in [-0.1, -0.05) is 24.3 Å². The number of aromatic hydroxyl groups is 1. The number of ether oxygens (including phenoxy) is 1. The second kappa shape index (κ2) is 4.64. The van der Waals surface area contributed by atoms with Gasteiger partial charge in [0.05, 0.1) is 23.8 Å². The summed E-state index contributed by atoms with van der Waals surface area (Å²) in [6.07, 6.45) is 2.30. The molecule has 6 nitrogen and oxygen atoms in total. The third-order valence-corrected chi connectivity index (χ3v) is 3.65. The summed E-state index contributed by atoms with van der Waals surface area (Å²) in [6.45, 7) is 0. The smallest absolute Gasteiger partial charge is 0.310 e. The second-order valence-corrected chi connectivity index (χ2v) is 4.85. The van der Waals surface area contributed by atoms with E-state index in [2.05, 4.69) is 5.32 Å². The largest absolute Gasteiger partial charge is 0.506 e. The Bertz CT molecular complexity index is 597. The van der Waals surface area contributed by atoms with Crippen LogP contribution in [0.15, 0.2) is 36.4 Å². The lowest BCUT2D eigenvalue weighted by molar-refractivity contribution is -0.145. The lowest BCUT2D eigenvalue weighted by Gasteiger charge is -2.21. The molecule has 2 bridgehead atoms. The molecule has 1 fully saturated rings. The standard InChI is InChI=1S/C14H13NO5/c16-8-4-2-1-3-7(8)15-13(17)11-9-5-6-10(20-9)12(11)14(18)19/h1-6,9-12,16H,(H,15,17)(H,18,19)/t9-,10-,11+,12-/m1/s1. The van der Waals surface area contributed by atoms with E-state index in [1.165, 1.54) is 6.07 Å². The molecule has 3 N–H and O–H groups in total. The van der Waals surface area contributed by atoms with Crippen LogP contribution in [0.25, 0.3) is 0 Å². The average molecular weight is 275 g/mol. The molecular weight excluding hydrogens is 262 g/mol. The number of carbonyl (C=O) groups is 2. The monoisotopic (exact) mass is 275 g/mol. The fourth-order valence-electron chi connectivity index (χ4n) is 2.71. The zero-order chi connectivity index (χ0) is 14.3. The van der Waals surface area contributed by atoms with Gasteiger partial charge in [0, 0.05) is 0 Å². The van der Waals surface area contributed by atoms with Crippen LogP contribution in [-0.2, 0) is 14.3 Å². The van der Waals surface area contributed by atoms with E-state index in [1.54, 1.807) is 30.4 Å². The lowest BCUT2D eigenvalue weighted by Crippen LogP contribution is -2.39. The normalized spacial score (nSPS) is 30.4. The number of anilines is 1. The van der Waals surface area contributed by atoms with Crippen LogP contribution in [0, 0.1) is 11.8 Å². The van der Waals surface area contributed by atoms with Gasteiger partial charge in [0.25, 0.3) is 0 Å². The number of nitrogens with one attached hydrogen (secondary N) is 1. The van der Waals surface area contributed by atoms with Gasteiger partial charge in [-0.15, -0.1) is 0 Å². The quantitative estimate of drug-likeness (QED) is 0.564. The number of fused-ring (bicyclic) bond motifs is 2. The van der Waals surface area contributed by atoms with Crippen molar-refractivity contribution in [1.82, 2.24) is 0 Å². The highest BCUT2D eigenvalue weighted by atomic mass is 16.5. The topological polar surface area (TPSA) is 95.9 Å². The van der Waals surface area contributed by atoms with E-state index >= 15 is 0 Å². The van der Waals surface area contributed by atoms with Gasteiger partial charge in [-0.05, 0) is 12.1 Å². The number of para-hydroxylation sites is 2. The molecule has 0 unspecified atom stereocenters. The molecule has 6 heteroatoms. The van der Waals surface area contributed by atoms with E-state index in [0.29, 0.717) is 0 Å².